The van der Waals surface area contributed by atoms with Crippen molar-refractivity contribution < 1.29 is 14.7 Å². The summed E-state index contributed by atoms with van der Waals surface area (Å²) in [4.78, 5) is 30.4. The fourth-order valence-electron chi connectivity index (χ4n) is 2.91. The Labute approximate surface area is 118 Å². The molecule has 1 aliphatic rings. The third kappa shape index (κ3) is 3.37. The average Bonchev–Trinajstić information content (AvgIpc) is 3.07. The predicted molar refractivity (Wildman–Crippen MR) is 72.9 cm³/mol. The van der Waals surface area contributed by atoms with E-state index in [0.717, 1.165) is 12.2 Å². The van der Waals surface area contributed by atoms with Crippen molar-refractivity contribution in [2.24, 2.45) is 17.8 Å². The number of carboxylic acids is 1. The summed E-state index contributed by atoms with van der Waals surface area (Å²) in [5, 5.41) is 12.1. The van der Waals surface area contributed by atoms with E-state index in [1.807, 2.05) is 6.92 Å². The minimum absolute atomic E-state index is 0.139. The number of amides is 1. The molecule has 3 unspecified atom stereocenters. The van der Waals surface area contributed by atoms with Gasteiger partial charge >= 0.3 is 5.97 Å². The van der Waals surface area contributed by atoms with Crippen LogP contribution in [0.25, 0.3) is 0 Å². The van der Waals surface area contributed by atoms with Gasteiger partial charge in [0.1, 0.15) is 5.82 Å². The molecule has 0 aromatic carbocycles. The Bertz CT molecular complexity index is 458. The van der Waals surface area contributed by atoms with Crippen LogP contribution < -0.4 is 5.32 Å². The highest BCUT2D eigenvalue weighted by Crippen LogP contribution is 2.38. The van der Waals surface area contributed by atoms with E-state index < -0.39 is 17.8 Å². The largest absolute Gasteiger partial charge is 0.481 e. The van der Waals surface area contributed by atoms with Gasteiger partial charge in [0.05, 0.1) is 11.8 Å². The molecule has 2 rings (SSSR count). The van der Waals surface area contributed by atoms with Crippen LogP contribution in [0.15, 0.2) is 12.4 Å². The van der Waals surface area contributed by atoms with Gasteiger partial charge in [-0.05, 0) is 18.8 Å². The van der Waals surface area contributed by atoms with Gasteiger partial charge in [0, 0.05) is 25.4 Å². The Hall–Kier alpha value is -1.85. The van der Waals surface area contributed by atoms with E-state index >= 15 is 0 Å². The van der Waals surface area contributed by atoms with Gasteiger partial charge in [-0.25, -0.2) is 4.98 Å². The summed E-state index contributed by atoms with van der Waals surface area (Å²) in [5.74, 6) is -0.764. The lowest BCUT2D eigenvalue weighted by Gasteiger charge is -2.15. The molecule has 1 heterocycles. The fraction of sp³-hybridized carbons (Fsp3) is 0.643. The zero-order valence-corrected chi connectivity index (χ0v) is 11.6. The van der Waals surface area contributed by atoms with Crippen molar-refractivity contribution in [3.63, 3.8) is 0 Å². The molecule has 0 radical (unpaired) electrons. The molecule has 0 saturated heterocycles. The standard InChI is InChI=1S/C14H21N3O3/c1-2-9-7-10(11(8-9)14(19)20)13(18)17-4-3-12-15-5-6-16-12/h5-6,9-11H,2-4,7-8H2,1H3,(H,15,16)(H,17,18)(H,19,20). The molecular formula is C14H21N3O3. The fourth-order valence-corrected chi connectivity index (χ4v) is 2.91. The van der Waals surface area contributed by atoms with Crippen molar-refractivity contribution in [1.29, 1.82) is 0 Å². The molecule has 1 fully saturated rings. The van der Waals surface area contributed by atoms with Crippen molar-refractivity contribution in [2.45, 2.75) is 32.6 Å². The van der Waals surface area contributed by atoms with E-state index in [1.165, 1.54) is 0 Å². The summed E-state index contributed by atoms with van der Waals surface area (Å²) >= 11 is 0. The van der Waals surface area contributed by atoms with Crippen molar-refractivity contribution in [2.75, 3.05) is 6.54 Å². The lowest BCUT2D eigenvalue weighted by Crippen LogP contribution is -2.36. The first-order valence-corrected chi connectivity index (χ1v) is 7.10. The van der Waals surface area contributed by atoms with E-state index in [1.54, 1.807) is 12.4 Å². The Morgan fingerprint density at radius 1 is 1.45 bits per heavy atom. The summed E-state index contributed by atoms with van der Waals surface area (Å²) in [5.41, 5.74) is 0. The third-order valence-electron chi connectivity index (χ3n) is 4.11. The van der Waals surface area contributed by atoms with Crippen molar-refractivity contribution in [3.8, 4) is 0 Å². The van der Waals surface area contributed by atoms with Gasteiger partial charge in [-0.1, -0.05) is 13.3 Å². The SMILES string of the molecule is CCC1CC(C(=O)O)C(C(=O)NCCc2ncc[nH]2)C1. The molecule has 1 saturated carbocycles. The number of carbonyl (C=O) groups excluding carboxylic acids is 1. The normalized spacial score (nSPS) is 25.6. The second kappa shape index (κ2) is 6.54. The van der Waals surface area contributed by atoms with E-state index in [0.29, 0.717) is 31.7 Å². The molecule has 1 aromatic rings. The molecule has 20 heavy (non-hydrogen) atoms. The first-order valence-electron chi connectivity index (χ1n) is 7.10. The van der Waals surface area contributed by atoms with E-state index in [-0.39, 0.29) is 5.91 Å². The second-order valence-electron chi connectivity index (χ2n) is 5.37. The van der Waals surface area contributed by atoms with Crippen molar-refractivity contribution in [1.82, 2.24) is 15.3 Å². The number of imidazole rings is 1. The van der Waals surface area contributed by atoms with Crippen LogP contribution in [0.3, 0.4) is 0 Å². The van der Waals surface area contributed by atoms with E-state index in [9.17, 15) is 14.7 Å². The molecule has 6 heteroatoms. The van der Waals surface area contributed by atoms with Crippen LogP contribution >= 0.6 is 0 Å². The number of aromatic amines is 1. The number of aliphatic carboxylic acids is 1. The first kappa shape index (κ1) is 14.6. The van der Waals surface area contributed by atoms with E-state index in [4.69, 9.17) is 0 Å². The van der Waals surface area contributed by atoms with Crippen LogP contribution in [0, 0.1) is 17.8 Å². The zero-order valence-electron chi connectivity index (χ0n) is 11.6. The number of hydrogen-bond acceptors (Lipinski definition) is 3. The Morgan fingerprint density at radius 3 is 2.80 bits per heavy atom. The number of H-pyrrole nitrogens is 1. The quantitative estimate of drug-likeness (QED) is 0.729. The van der Waals surface area contributed by atoms with Crippen LogP contribution in [0.4, 0.5) is 0 Å². The summed E-state index contributed by atoms with van der Waals surface area (Å²) < 4.78 is 0. The van der Waals surface area contributed by atoms with E-state index in [2.05, 4.69) is 15.3 Å². The molecular weight excluding hydrogens is 258 g/mol. The summed E-state index contributed by atoms with van der Waals surface area (Å²) in [7, 11) is 0. The molecule has 1 aliphatic carbocycles. The second-order valence-corrected chi connectivity index (χ2v) is 5.37. The minimum Gasteiger partial charge on any atom is -0.481 e. The number of nitrogens with zero attached hydrogens (tertiary/aromatic N) is 1. The molecule has 3 N–H and O–H groups in total. The molecule has 0 spiro atoms. The maximum Gasteiger partial charge on any atom is 0.307 e. The smallest absolute Gasteiger partial charge is 0.307 e. The van der Waals surface area contributed by atoms with Crippen LogP contribution in [0.2, 0.25) is 0 Å². The van der Waals surface area contributed by atoms with Crippen molar-refractivity contribution in [3.05, 3.63) is 18.2 Å². The lowest BCUT2D eigenvalue weighted by atomic mass is 9.95. The highest BCUT2D eigenvalue weighted by molar-refractivity contribution is 5.85. The lowest BCUT2D eigenvalue weighted by molar-refractivity contribution is -0.146. The molecule has 0 aliphatic heterocycles. The highest BCUT2D eigenvalue weighted by atomic mass is 16.4. The monoisotopic (exact) mass is 279 g/mol. The maximum absolute atomic E-state index is 12.1. The molecule has 110 valence electrons. The van der Waals surface area contributed by atoms with Gasteiger partial charge in [0.25, 0.3) is 0 Å². The van der Waals surface area contributed by atoms with Crippen molar-refractivity contribution >= 4 is 11.9 Å². The Morgan fingerprint density at radius 2 is 2.20 bits per heavy atom. The average molecular weight is 279 g/mol. The number of rotatable bonds is 6. The molecule has 3 atom stereocenters. The van der Waals surface area contributed by atoms with Crippen LogP contribution in [-0.4, -0.2) is 33.5 Å². The topological polar surface area (TPSA) is 95.1 Å². The number of carboxylic acid groups (broad SMARTS) is 1. The third-order valence-corrected chi connectivity index (χ3v) is 4.11. The van der Waals surface area contributed by atoms with Gasteiger partial charge in [0.2, 0.25) is 5.91 Å². The highest BCUT2D eigenvalue weighted by Gasteiger charge is 2.41. The van der Waals surface area contributed by atoms with Gasteiger partial charge in [-0.3, -0.25) is 9.59 Å². The van der Waals surface area contributed by atoms with Gasteiger partial charge in [0.15, 0.2) is 0 Å². The minimum atomic E-state index is -0.855. The van der Waals surface area contributed by atoms with Crippen LogP contribution in [0.5, 0.6) is 0 Å². The summed E-state index contributed by atoms with van der Waals surface area (Å²) in [6, 6.07) is 0. The number of carbonyl (C=O) groups is 2. The molecule has 1 amide bonds. The molecule has 1 aromatic heterocycles. The van der Waals surface area contributed by atoms with Gasteiger partial charge in [-0.15, -0.1) is 0 Å². The summed E-state index contributed by atoms with van der Waals surface area (Å²) in [6.45, 7) is 2.52. The molecule has 6 nitrogen and oxygen atoms in total. The predicted octanol–water partition coefficient (Wildman–Crippen LogP) is 1.21. The van der Waals surface area contributed by atoms with Crippen LogP contribution in [0.1, 0.15) is 32.0 Å². The number of hydrogen-bond donors (Lipinski definition) is 3. The number of aromatic nitrogens is 2. The Kier molecular flexibility index (Phi) is 4.76. The first-order chi connectivity index (χ1) is 9.61. The van der Waals surface area contributed by atoms with Gasteiger partial charge < -0.3 is 15.4 Å². The zero-order chi connectivity index (χ0) is 14.5. The number of nitrogens with one attached hydrogen (secondary N) is 2. The Balaban J connectivity index is 1.85. The summed E-state index contributed by atoms with van der Waals surface area (Å²) in [6.07, 6.45) is 6.25. The maximum atomic E-state index is 12.1. The van der Waals surface area contributed by atoms with Crippen LogP contribution in [-0.2, 0) is 16.0 Å². The van der Waals surface area contributed by atoms with Gasteiger partial charge in [-0.2, -0.15) is 0 Å². The molecule has 0 bridgehead atoms.